The Morgan fingerprint density at radius 3 is 2.48 bits per heavy atom. The van der Waals surface area contributed by atoms with Crippen LogP contribution in [-0.4, -0.2) is 11.5 Å². The maximum absolute atomic E-state index is 6.47. The average Bonchev–Trinajstić information content (AvgIpc) is 2.87. The number of aromatic nitrogens is 1. The largest absolute Gasteiger partial charge is 0.354 e. The number of halogens is 3. The summed E-state index contributed by atoms with van der Waals surface area (Å²) in [5.41, 5.74) is 10.1. The van der Waals surface area contributed by atoms with Crippen LogP contribution in [0.15, 0.2) is 40.9 Å². The van der Waals surface area contributed by atoms with Gasteiger partial charge in [-0.2, -0.15) is 0 Å². The Morgan fingerprint density at radius 1 is 1.04 bits per heavy atom. The van der Waals surface area contributed by atoms with Gasteiger partial charge in [-0.3, -0.25) is 0 Å². The van der Waals surface area contributed by atoms with Crippen molar-refractivity contribution in [2.45, 2.75) is 19.3 Å². The molecule has 0 aliphatic carbocycles. The molecule has 3 rings (SSSR count). The molecule has 2 aromatic carbocycles. The summed E-state index contributed by atoms with van der Waals surface area (Å²) in [5.74, 6) is 0. The van der Waals surface area contributed by atoms with Crippen molar-refractivity contribution in [3.05, 3.63) is 56.5 Å². The quantitative estimate of drug-likeness (QED) is 0.483. The maximum atomic E-state index is 6.47. The van der Waals surface area contributed by atoms with E-state index < -0.39 is 0 Å². The van der Waals surface area contributed by atoms with E-state index >= 15 is 0 Å². The number of benzene rings is 2. The van der Waals surface area contributed by atoms with Crippen molar-refractivity contribution < 1.29 is 0 Å². The van der Waals surface area contributed by atoms with Gasteiger partial charge in [-0.05, 0) is 61.2 Å². The highest BCUT2D eigenvalue weighted by atomic mass is 79.9. The zero-order valence-electron chi connectivity index (χ0n) is 12.5. The van der Waals surface area contributed by atoms with Gasteiger partial charge in [0.25, 0.3) is 0 Å². The molecular weight excluding hydrogens is 395 g/mol. The maximum Gasteiger partial charge on any atom is 0.0517 e. The molecule has 0 spiro atoms. The van der Waals surface area contributed by atoms with Crippen LogP contribution in [-0.2, 0) is 6.42 Å². The fourth-order valence-electron chi connectivity index (χ4n) is 2.87. The van der Waals surface area contributed by atoms with Gasteiger partial charge in [-0.25, -0.2) is 0 Å². The molecule has 0 unspecified atom stereocenters. The number of H-pyrrole nitrogens is 1. The average molecular weight is 412 g/mol. The predicted molar refractivity (Wildman–Crippen MR) is 103 cm³/mol. The van der Waals surface area contributed by atoms with Crippen molar-refractivity contribution in [3.8, 4) is 11.3 Å². The summed E-state index contributed by atoms with van der Waals surface area (Å²) in [5, 5.41) is 2.39. The van der Waals surface area contributed by atoms with Gasteiger partial charge in [0.05, 0.1) is 5.02 Å². The van der Waals surface area contributed by atoms with Crippen LogP contribution >= 0.6 is 39.1 Å². The monoisotopic (exact) mass is 410 g/mol. The van der Waals surface area contributed by atoms with E-state index in [1.54, 1.807) is 6.07 Å². The molecule has 3 N–H and O–H groups in total. The van der Waals surface area contributed by atoms with Crippen LogP contribution in [0.3, 0.4) is 0 Å². The number of rotatable bonds is 5. The lowest BCUT2D eigenvalue weighted by molar-refractivity contribution is 0.748. The van der Waals surface area contributed by atoms with E-state index in [1.807, 2.05) is 18.2 Å². The second-order valence-corrected chi connectivity index (χ2v) is 7.30. The Labute approximate surface area is 154 Å². The van der Waals surface area contributed by atoms with Crippen LogP contribution in [0.5, 0.6) is 0 Å². The number of aryl methyl sites for hydroxylation is 1. The number of hydrogen-bond donors (Lipinski definition) is 2. The van der Waals surface area contributed by atoms with Crippen molar-refractivity contribution in [2.75, 3.05) is 6.54 Å². The highest BCUT2D eigenvalue weighted by Gasteiger charge is 2.16. The lowest BCUT2D eigenvalue weighted by Gasteiger charge is -2.06. The van der Waals surface area contributed by atoms with Crippen molar-refractivity contribution in [2.24, 2.45) is 5.73 Å². The smallest absolute Gasteiger partial charge is 0.0517 e. The molecular formula is C18H17BrCl2N2. The zero-order valence-corrected chi connectivity index (χ0v) is 15.6. The van der Waals surface area contributed by atoms with E-state index in [0.717, 1.165) is 45.9 Å². The number of hydrogen-bond acceptors (Lipinski definition) is 1. The minimum atomic E-state index is 0.639. The van der Waals surface area contributed by atoms with Gasteiger partial charge >= 0.3 is 0 Å². The fourth-order valence-corrected chi connectivity index (χ4v) is 3.74. The summed E-state index contributed by atoms with van der Waals surface area (Å²) in [6, 6.07) is 12.0. The van der Waals surface area contributed by atoms with Crippen LogP contribution in [0.4, 0.5) is 0 Å². The molecule has 0 fully saturated rings. The number of aromatic amines is 1. The normalized spacial score (nSPS) is 11.3. The molecule has 5 heteroatoms. The molecule has 120 valence electrons. The number of unbranched alkanes of at least 4 members (excludes halogenated alkanes) is 1. The minimum Gasteiger partial charge on any atom is -0.354 e. The molecule has 0 aliphatic rings. The number of nitrogens with two attached hydrogens (primary N) is 1. The van der Waals surface area contributed by atoms with Crippen molar-refractivity contribution >= 4 is 50.0 Å². The topological polar surface area (TPSA) is 41.8 Å². The minimum absolute atomic E-state index is 0.639. The molecule has 1 aromatic heterocycles. The first-order chi connectivity index (χ1) is 11.1. The molecule has 0 saturated carbocycles. The molecule has 2 nitrogen and oxygen atoms in total. The lowest BCUT2D eigenvalue weighted by Crippen LogP contribution is -1.99. The van der Waals surface area contributed by atoms with E-state index in [1.165, 1.54) is 5.56 Å². The third-order valence-corrected chi connectivity index (χ3v) is 4.98. The molecule has 0 aliphatic heterocycles. The lowest BCUT2D eigenvalue weighted by atomic mass is 10.0. The van der Waals surface area contributed by atoms with Crippen molar-refractivity contribution in [1.29, 1.82) is 0 Å². The first kappa shape index (κ1) is 16.8. The van der Waals surface area contributed by atoms with Crippen LogP contribution in [0.25, 0.3) is 22.2 Å². The summed E-state index contributed by atoms with van der Waals surface area (Å²) in [7, 11) is 0. The molecule has 23 heavy (non-hydrogen) atoms. The Morgan fingerprint density at radius 2 is 1.78 bits per heavy atom. The summed E-state index contributed by atoms with van der Waals surface area (Å²) < 4.78 is 1.06. The molecule has 0 amide bonds. The standard InChI is InChI=1S/C18H17BrCl2N2/c19-12-6-4-11(5-7-12)18-14(3-1-2-8-22)17-15(21)9-13(20)10-16(17)23-18/h4-7,9-10,23H,1-3,8,22H2. The first-order valence-corrected chi connectivity index (χ1v) is 9.10. The van der Waals surface area contributed by atoms with Gasteiger partial charge in [0.1, 0.15) is 0 Å². The molecule has 0 radical (unpaired) electrons. The molecule has 3 aromatic rings. The Balaban J connectivity index is 2.16. The van der Waals surface area contributed by atoms with E-state index in [0.29, 0.717) is 16.6 Å². The summed E-state index contributed by atoms with van der Waals surface area (Å²) in [4.78, 5) is 3.49. The Kier molecular flexibility index (Phi) is 5.32. The van der Waals surface area contributed by atoms with Gasteiger partial charge in [-0.15, -0.1) is 0 Å². The molecule has 0 bridgehead atoms. The third kappa shape index (κ3) is 3.58. The van der Waals surface area contributed by atoms with Gasteiger partial charge in [-0.1, -0.05) is 51.3 Å². The van der Waals surface area contributed by atoms with Crippen molar-refractivity contribution in [1.82, 2.24) is 4.98 Å². The van der Waals surface area contributed by atoms with Gasteiger partial charge in [0, 0.05) is 26.1 Å². The van der Waals surface area contributed by atoms with Crippen molar-refractivity contribution in [3.63, 3.8) is 0 Å². The summed E-state index contributed by atoms with van der Waals surface area (Å²) >= 11 is 16.1. The Hall–Kier alpha value is -1.000. The second-order valence-electron chi connectivity index (χ2n) is 5.54. The molecule has 0 atom stereocenters. The third-order valence-electron chi connectivity index (χ3n) is 3.93. The summed E-state index contributed by atoms with van der Waals surface area (Å²) in [6.45, 7) is 0.704. The highest BCUT2D eigenvalue weighted by molar-refractivity contribution is 9.10. The van der Waals surface area contributed by atoms with E-state index in [9.17, 15) is 0 Å². The van der Waals surface area contributed by atoms with Crippen LogP contribution in [0, 0.1) is 0 Å². The van der Waals surface area contributed by atoms with E-state index in [-0.39, 0.29) is 0 Å². The zero-order chi connectivity index (χ0) is 16.4. The number of nitrogens with one attached hydrogen (secondary N) is 1. The highest BCUT2D eigenvalue weighted by Crippen LogP contribution is 2.37. The van der Waals surface area contributed by atoms with Gasteiger partial charge < -0.3 is 10.7 Å². The van der Waals surface area contributed by atoms with Crippen LogP contribution in [0.2, 0.25) is 10.0 Å². The molecule has 1 heterocycles. The Bertz CT molecular complexity index is 825. The van der Waals surface area contributed by atoms with E-state index in [4.69, 9.17) is 28.9 Å². The van der Waals surface area contributed by atoms with Crippen LogP contribution in [0.1, 0.15) is 18.4 Å². The predicted octanol–water partition coefficient (Wildman–Crippen LogP) is 6.19. The van der Waals surface area contributed by atoms with Gasteiger partial charge in [0.15, 0.2) is 0 Å². The molecule has 0 saturated heterocycles. The second kappa shape index (κ2) is 7.27. The van der Waals surface area contributed by atoms with Gasteiger partial charge in [0.2, 0.25) is 0 Å². The van der Waals surface area contributed by atoms with E-state index in [2.05, 4.69) is 33.0 Å². The van der Waals surface area contributed by atoms with Crippen LogP contribution < -0.4 is 5.73 Å². The summed E-state index contributed by atoms with van der Waals surface area (Å²) in [6.07, 6.45) is 2.97. The fraction of sp³-hybridized carbons (Fsp3) is 0.222. The number of fused-ring (bicyclic) bond motifs is 1. The SMILES string of the molecule is NCCCCc1c(-c2ccc(Br)cc2)[nH]c2cc(Cl)cc(Cl)c12. The first-order valence-electron chi connectivity index (χ1n) is 7.55.